The number of rotatable bonds is 2. The van der Waals surface area contributed by atoms with E-state index >= 15 is 0 Å². The van der Waals surface area contributed by atoms with Crippen LogP contribution in [0.3, 0.4) is 0 Å². The lowest BCUT2D eigenvalue weighted by atomic mass is 10.2. The van der Waals surface area contributed by atoms with E-state index in [1.165, 1.54) is 4.90 Å². The predicted octanol–water partition coefficient (Wildman–Crippen LogP) is 1.24. The predicted molar refractivity (Wildman–Crippen MR) is 65.9 cm³/mol. The first-order valence-corrected chi connectivity index (χ1v) is 6.33. The van der Waals surface area contributed by atoms with Crippen molar-refractivity contribution in [3.05, 3.63) is 18.0 Å². The van der Waals surface area contributed by atoms with Gasteiger partial charge in [0.1, 0.15) is 5.67 Å². The van der Waals surface area contributed by atoms with E-state index < -0.39 is 11.8 Å². The molecule has 1 saturated heterocycles. The van der Waals surface area contributed by atoms with Crippen molar-refractivity contribution in [2.45, 2.75) is 18.5 Å². The Labute approximate surface area is 109 Å². The Hall–Kier alpha value is -1.92. The molecule has 1 N–H and O–H groups in total. The molecule has 1 aromatic heterocycles. The number of aromatic nitrogens is 2. The molecule has 0 bridgehead atoms. The zero-order valence-electron chi connectivity index (χ0n) is 10.4. The molecule has 1 aliphatic heterocycles. The van der Waals surface area contributed by atoms with E-state index in [0.29, 0.717) is 50.5 Å². The highest BCUT2D eigenvalue weighted by atomic mass is 19.1. The number of carboxylic acid groups (broad SMARTS) is 1. The first kappa shape index (κ1) is 12.1. The standard InChI is InChI=1S/C12H15FN4O2/c13-12(1-2-12)9-7-14-10(15-8-9)16-3-5-17(6-4-16)11(18)19/h7-8H,1-6H2,(H,18,19). The molecule has 0 radical (unpaired) electrons. The van der Waals surface area contributed by atoms with Gasteiger partial charge in [0.25, 0.3) is 0 Å². The van der Waals surface area contributed by atoms with E-state index in [0.717, 1.165) is 0 Å². The molecule has 1 aliphatic carbocycles. The average Bonchev–Trinajstić information content (AvgIpc) is 3.18. The van der Waals surface area contributed by atoms with Crippen LogP contribution in [0.1, 0.15) is 18.4 Å². The summed E-state index contributed by atoms with van der Waals surface area (Å²) >= 11 is 0. The van der Waals surface area contributed by atoms with Crippen molar-refractivity contribution < 1.29 is 14.3 Å². The molecule has 2 heterocycles. The minimum absolute atomic E-state index is 0.438. The summed E-state index contributed by atoms with van der Waals surface area (Å²) in [6, 6.07) is 0. The van der Waals surface area contributed by atoms with Crippen molar-refractivity contribution in [1.82, 2.24) is 14.9 Å². The number of hydrogen-bond donors (Lipinski definition) is 1. The molecule has 0 spiro atoms. The molecule has 6 nitrogen and oxygen atoms in total. The van der Waals surface area contributed by atoms with Gasteiger partial charge in [0.05, 0.1) is 0 Å². The lowest BCUT2D eigenvalue weighted by Crippen LogP contribution is -2.48. The molecule has 102 valence electrons. The van der Waals surface area contributed by atoms with Crippen molar-refractivity contribution >= 4 is 12.0 Å². The number of anilines is 1. The van der Waals surface area contributed by atoms with E-state index in [2.05, 4.69) is 9.97 Å². The third-order valence-electron chi connectivity index (χ3n) is 3.68. The molecule has 0 atom stereocenters. The summed E-state index contributed by atoms with van der Waals surface area (Å²) in [5, 5.41) is 8.86. The van der Waals surface area contributed by atoms with Crippen molar-refractivity contribution in [3.8, 4) is 0 Å². The van der Waals surface area contributed by atoms with Gasteiger partial charge >= 0.3 is 6.09 Å². The summed E-state index contributed by atoms with van der Waals surface area (Å²) in [4.78, 5) is 22.5. The smallest absolute Gasteiger partial charge is 0.407 e. The van der Waals surface area contributed by atoms with Gasteiger partial charge in [0, 0.05) is 44.1 Å². The van der Waals surface area contributed by atoms with Crippen LogP contribution in [0.15, 0.2) is 12.4 Å². The number of halogens is 1. The summed E-state index contributed by atoms with van der Waals surface area (Å²) in [6.45, 7) is 2.00. The Morgan fingerprint density at radius 2 is 1.79 bits per heavy atom. The summed E-state index contributed by atoms with van der Waals surface area (Å²) in [5.74, 6) is 0.540. The third-order valence-corrected chi connectivity index (χ3v) is 3.68. The molecule has 0 unspecified atom stereocenters. The zero-order valence-corrected chi connectivity index (χ0v) is 10.4. The fourth-order valence-electron chi connectivity index (χ4n) is 2.21. The van der Waals surface area contributed by atoms with Crippen LogP contribution in [0.25, 0.3) is 0 Å². The second-order valence-corrected chi connectivity index (χ2v) is 4.99. The molecule has 0 aromatic carbocycles. The molecular formula is C12H15FN4O2. The highest BCUT2D eigenvalue weighted by Gasteiger charge is 2.45. The molecule has 2 aliphatic rings. The minimum Gasteiger partial charge on any atom is -0.465 e. The highest BCUT2D eigenvalue weighted by molar-refractivity contribution is 5.65. The van der Waals surface area contributed by atoms with Crippen molar-refractivity contribution in [2.24, 2.45) is 0 Å². The second kappa shape index (κ2) is 4.32. The number of nitrogens with zero attached hydrogens (tertiary/aromatic N) is 4. The zero-order chi connectivity index (χ0) is 13.5. The number of piperazine rings is 1. The first-order valence-electron chi connectivity index (χ1n) is 6.33. The fraction of sp³-hybridized carbons (Fsp3) is 0.583. The maximum atomic E-state index is 13.8. The lowest BCUT2D eigenvalue weighted by Gasteiger charge is -2.33. The first-order chi connectivity index (χ1) is 9.08. The molecule has 1 aromatic rings. The van der Waals surface area contributed by atoms with Gasteiger partial charge in [-0.2, -0.15) is 0 Å². The Morgan fingerprint density at radius 3 is 2.26 bits per heavy atom. The van der Waals surface area contributed by atoms with Gasteiger partial charge in [-0.25, -0.2) is 19.2 Å². The van der Waals surface area contributed by atoms with Gasteiger partial charge in [-0.05, 0) is 12.8 Å². The fourth-order valence-corrected chi connectivity index (χ4v) is 2.21. The molecular weight excluding hydrogens is 251 g/mol. The van der Waals surface area contributed by atoms with Gasteiger partial charge in [-0.3, -0.25) is 0 Å². The normalized spacial score (nSPS) is 21.3. The monoisotopic (exact) mass is 266 g/mol. The van der Waals surface area contributed by atoms with E-state index in [-0.39, 0.29) is 0 Å². The van der Waals surface area contributed by atoms with Gasteiger partial charge in [0.15, 0.2) is 0 Å². The molecule has 2 fully saturated rings. The van der Waals surface area contributed by atoms with Gasteiger partial charge in [-0.15, -0.1) is 0 Å². The molecule has 3 rings (SSSR count). The second-order valence-electron chi connectivity index (χ2n) is 4.99. The average molecular weight is 266 g/mol. The van der Waals surface area contributed by atoms with Crippen molar-refractivity contribution in [1.29, 1.82) is 0 Å². The SMILES string of the molecule is O=C(O)N1CCN(c2ncc(C3(F)CC3)cn2)CC1. The van der Waals surface area contributed by atoms with Crippen LogP contribution in [0, 0.1) is 0 Å². The number of alkyl halides is 1. The van der Waals surface area contributed by atoms with Crippen LogP contribution in [0.2, 0.25) is 0 Å². The van der Waals surface area contributed by atoms with Gasteiger partial charge in [0.2, 0.25) is 5.95 Å². The summed E-state index contributed by atoms with van der Waals surface area (Å²) < 4.78 is 13.8. The number of hydrogen-bond acceptors (Lipinski definition) is 4. The van der Waals surface area contributed by atoms with Crippen LogP contribution in [-0.2, 0) is 5.67 Å². The van der Waals surface area contributed by atoms with Crippen LogP contribution in [0.5, 0.6) is 0 Å². The quantitative estimate of drug-likeness (QED) is 0.872. The lowest BCUT2D eigenvalue weighted by molar-refractivity contribution is 0.142. The Balaban J connectivity index is 1.65. The van der Waals surface area contributed by atoms with E-state index in [1.54, 1.807) is 12.4 Å². The van der Waals surface area contributed by atoms with E-state index in [9.17, 15) is 9.18 Å². The maximum Gasteiger partial charge on any atom is 0.407 e. The molecule has 1 amide bonds. The van der Waals surface area contributed by atoms with Crippen LogP contribution in [-0.4, -0.2) is 52.2 Å². The summed E-state index contributed by atoms with van der Waals surface area (Å²) in [5.41, 5.74) is -0.666. The van der Waals surface area contributed by atoms with Crippen LogP contribution < -0.4 is 4.90 Å². The summed E-state index contributed by atoms with van der Waals surface area (Å²) in [7, 11) is 0. The number of carbonyl (C=O) groups is 1. The Morgan fingerprint density at radius 1 is 1.21 bits per heavy atom. The molecule has 1 saturated carbocycles. The minimum atomic E-state index is -1.21. The third kappa shape index (κ3) is 2.32. The Bertz CT molecular complexity index is 481. The number of amides is 1. The van der Waals surface area contributed by atoms with Crippen molar-refractivity contribution in [2.75, 3.05) is 31.1 Å². The maximum absolute atomic E-state index is 13.8. The van der Waals surface area contributed by atoms with Crippen LogP contribution in [0.4, 0.5) is 15.1 Å². The van der Waals surface area contributed by atoms with Gasteiger partial charge < -0.3 is 14.9 Å². The topological polar surface area (TPSA) is 69.6 Å². The molecule has 19 heavy (non-hydrogen) atoms. The van der Waals surface area contributed by atoms with E-state index in [4.69, 9.17) is 5.11 Å². The Kier molecular flexibility index (Phi) is 2.76. The largest absolute Gasteiger partial charge is 0.465 e. The van der Waals surface area contributed by atoms with Crippen molar-refractivity contribution in [3.63, 3.8) is 0 Å². The van der Waals surface area contributed by atoms with Crippen LogP contribution >= 0.6 is 0 Å². The highest BCUT2D eigenvalue weighted by Crippen LogP contribution is 2.49. The van der Waals surface area contributed by atoms with E-state index in [1.807, 2.05) is 4.90 Å². The summed E-state index contributed by atoms with van der Waals surface area (Å²) in [6.07, 6.45) is 3.28. The van der Waals surface area contributed by atoms with Gasteiger partial charge in [-0.1, -0.05) is 0 Å². The molecule has 7 heteroatoms.